The average Bonchev–Trinajstić information content (AvgIpc) is 2.47. The molecule has 1 aliphatic rings. The molecule has 0 bridgehead atoms. The van der Waals surface area contributed by atoms with Gasteiger partial charge in [0.2, 0.25) is 0 Å². The lowest BCUT2D eigenvalue weighted by molar-refractivity contribution is 0.0485. The Morgan fingerprint density at radius 1 is 1.29 bits per heavy atom. The van der Waals surface area contributed by atoms with Crippen molar-refractivity contribution in [1.29, 1.82) is 0 Å². The summed E-state index contributed by atoms with van der Waals surface area (Å²) in [7, 11) is 3.38. The van der Waals surface area contributed by atoms with Gasteiger partial charge in [-0.05, 0) is 25.7 Å². The summed E-state index contributed by atoms with van der Waals surface area (Å²) in [6.07, 6.45) is 2.10. The van der Waals surface area contributed by atoms with Gasteiger partial charge in [-0.1, -0.05) is 0 Å². The lowest BCUT2D eigenvalue weighted by atomic mass is 9.92. The zero-order valence-electron chi connectivity index (χ0n) is 13.1. The number of aryl methyl sites for hydroxylation is 1. The van der Waals surface area contributed by atoms with Crippen LogP contribution >= 0.6 is 0 Å². The van der Waals surface area contributed by atoms with Gasteiger partial charge in [-0.3, -0.25) is 0 Å². The van der Waals surface area contributed by atoms with E-state index >= 15 is 0 Å². The van der Waals surface area contributed by atoms with Gasteiger partial charge in [0.1, 0.15) is 12.4 Å². The summed E-state index contributed by atoms with van der Waals surface area (Å²) in [6.45, 7) is 4.69. The maximum atomic E-state index is 5.44. The molecule has 1 N–H and O–H groups in total. The Bertz CT molecular complexity index is 436. The fourth-order valence-corrected chi connectivity index (χ4v) is 2.68. The maximum absolute atomic E-state index is 5.44. The van der Waals surface area contributed by atoms with Crippen LogP contribution in [0.25, 0.3) is 0 Å². The van der Waals surface area contributed by atoms with E-state index in [1.54, 1.807) is 14.2 Å². The molecule has 0 radical (unpaired) electrons. The van der Waals surface area contributed by atoms with Crippen molar-refractivity contribution in [1.82, 2.24) is 9.97 Å². The van der Waals surface area contributed by atoms with Gasteiger partial charge in [-0.25, -0.2) is 9.97 Å². The summed E-state index contributed by atoms with van der Waals surface area (Å²) in [5.74, 6) is 2.08. The molecular formula is C15H25N3O3. The summed E-state index contributed by atoms with van der Waals surface area (Å²) >= 11 is 0. The highest BCUT2D eigenvalue weighted by Gasteiger charge is 2.24. The molecule has 118 valence electrons. The fraction of sp³-hybridized carbons (Fsp3) is 0.733. The predicted octanol–water partition coefficient (Wildman–Crippen LogP) is 1.78. The van der Waals surface area contributed by atoms with E-state index in [2.05, 4.69) is 15.3 Å². The number of nitrogens with zero attached hydrogens (tertiary/aromatic N) is 2. The van der Waals surface area contributed by atoms with E-state index in [-0.39, 0.29) is 6.04 Å². The molecule has 6 heteroatoms. The van der Waals surface area contributed by atoms with Crippen molar-refractivity contribution in [3.8, 4) is 0 Å². The molecule has 0 amide bonds. The normalized spacial score (nSPS) is 17.7. The first kappa shape index (κ1) is 16.1. The van der Waals surface area contributed by atoms with Crippen molar-refractivity contribution in [2.24, 2.45) is 5.92 Å². The van der Waals surface area contributed by atoms with Crippen LogP contribution in [-0.4, -0.2) is 50.1 Å². The molecule has 2 heterocycles. The van der Waals surface area contributed by atoms with E-state index in [0.717, 1.165) is 37.6 Å². The third-order valence-corrected chi connectivity index (χ3v) is 3.69. The summed E-state index contributed by atoms with van der Waals surface area (Å²) < 4.78 is 15.9. The molecule has 21 heavy (non-hydrogen) atoms. The van der Waals surface area contributed by atoms with Gasteiger partial charge in [-0.2, -0.15) is 0 Å². The van der Waals surface area contributed by atoms with Crippen molar-refractivity contribution in [3.63, 3.8) is 0 Å². The number of nitrogens with one attached hydrogen (secondary N) is 1. The molecule has 1 unspecified atom stereocenters. The van der Waals surface area contributed by atoms with Crippen LogP contribution in [-0.2, 0) is 20.8 Å². The molecule has 1 aromatic heterocycles. The van der Waals surface area contributed by atoms with Gasteiger partial charge in [0.25, 0.3) is 0 Å². The SMILES string of the molecule is COCc1nc(C)cc(NC(COC)C2CCOCC2)n1. The number of rotatable bonds is 7. The van der Waals surface area contributed by atoms with E-state index in [1.807, 2.05) is 13.0 Å². The van der Waals surface area contributed by atoms with Gasteiger partial charge in [0.05, 0.1) is 12.6 Å². The van der Waals surface area contributed by atoms with Crippen LogP contribution in [0.3, 0.4) is 0 Å². The number of anilines is 1. The van der Waals surface area contributed by atoms with Crippen molar-refractivity contribution in [2.45, 2.75) is 32.4 Å². The minimum Gasteiger partial charge on any atom is -0.383 e. The smallest absolute Gasteiger partial charge is 0.156 e. The Morgan fingerprint density at radius 3 is 2.71 bits per heavy atom. The van der Waals surface area contributed by atoms with Crippen LogP contribution < -0.4 is 5.32 Å². The van der Waals surface area contributed by atoms with Gasteiger partial charge >= 0.3 is 0 Å². The number of hydrogen-bond donors (Lipinski definition) is 1. The van der Waals surface area contributed by atoms with E-state index in [9.17, 15) is 0 Å². The third kappa shape index (κ3) is 4.91. The number of ether oxygens (including phenoxy) is 3. The molecule has 2 rings (SSSR count). The van der Waals surface area contributed by atoms with Gasteiger partial charge < -0.3 is 19.5 Å². The Kier molecular flexibility index (Phi) is 6.35. The minimum atomic E-state index is 0.239. The monoisotopic (exact) mass is 295 g/mol. The van der Waals surface area contributed by atoms with Crippen LogP contribution in [0.5, 0.6) is 0 Å². The Labute approximate surface area is 126 Å². The van der Waals surface area contributed by atoms with Crippen LogP contribution in [0.4, 0.5) is 5.82 Å². The van der Waals surface area contributed by atoms with Crippen LogP contribution in [0.2, 0.25) is 0 Å². The lowest BCUT2D eigenvalue weighted by Gasteiger charge is -2.31. The standard InChI is InChI=1S/C15H25N3O3/c1-11-8-14(18-15(16-11)10-20-3)17-13(9-19-2)12-4-6-21-7-5-12/h8,12-13H,4-7,9-10H2,1-3H3,(H,16,17,18). The maximum Gasteiger partial charge on any atom is 0.156 e. The molecule has 1 saturated heterocycles. The minimum absolute atomic E-state index is 0.239. The molecule has 0 aromatic carbocycles. The lowest BCUT2D eigenvalue weighted by Crippen LogP contribution is -2.37. The summed E-state index contributed by atoms with van der Waals surface area (Å²) in [5.41, 5.74) is 0.933. The Hall–Kier alpha value is -1.24. The van der Waals surface area contributed by atoms with E-state index in [4.69, 9.17) is 14.2 Å². The number of aromatic nitrogens is 2. The van der Waals surface area contributed by atoms with Gasteiger partial charge in [-0.15, -0.1) is 0 Å². The second-order valence-corrected chi connectivity index (χ2v) is 5.40. The highest BCUT2D eigenvalue weighted by Crippen LogP contribution is 2.22. The number of hydrogen-bond acceptors (Lipinski definition) is 6. The summed E-state index contributed by atoms with van der Waals surface area (Å²) in [5, 5.41) is 3.50. The molecule has 0 saturated carbocycles. The first-order valence-corrected chi connectivity index (χ1v) is 7.39. The van der Waals surface area contributed by atoms with Gasteiger partial charge in [0.15, 0.2) is 5.82 Å². The molecule has 1 aromatic rings. The quantitative estimate of drug-likeness (QED) is 0.827. The zero-order valence-corrected chi connectivity index (χ0v) is 13.1. The van der Waals surface area contributed by atoms with Crippen molar-refractivity contribution in [2.75, 3.05) is 39.4 Å². The first-order valence-electron chi connectivity index (χ1n) is 7.39. The highest BCUT2D eigenvalue weighted by molar-refractivity contribution is 5.37. The average molecular weight is 295 g/mol. The fourth-order valence-electron chi connectivity index (χ4n) is 2.68. The van der Waals surface area contributed by atoms with Crippen LogP contribution in [0.15, 0.2) is 6.07 Å². The van der Waals surface area contributed by atoms with Crippen LogP contribution in [0, 0.1) is 12.8 Å². The second-order valence-electron chi connectivity index (χ2n) is 5.40. The molecule has 6 nitrogen and oxygen atoms in total. The van der Waals surface area contributed by atoms with Crippen molar-refractivity contribution >= 4 is 5.82 Å². The molecular weight excluding hydrogens is 270 g/mol. The highest BCUT2D eigenvalue weighted by atomic mass is 16.5. The van der Waals surface area contributed by atoms with Gasteiger partial charge in [0, 0.05) is 39.2 Å². The Morgan fingerprint density at radius 2 is 2.05 bits per heavy atom. The van der Waals surface area contributed by atoms with Crippen molar-refractivity contribution in [3.05, 3.63) is 17.6 Å². The molecule has 0 spiro atoms. The zero-order chi connectivity index (χ0) is 15.1. The summed E-state index contributed by atoms with van der Waals surface area (Å²) in [4.78, 5) is 8.87. The predicted molar refractivity (Wildman–Crippen MR) is 80.3 cm³/mol. The third-order valence-electron chi connectivity index (χ3n) is 3.69. The number of methoxy groups -OCH3 is 2. The second kappa shape index (κ2) is 8.26. The van der Waals surface area contributed by atoms with Crippen molar-refractivity contribution < 1.29 is 14.2 Å². The van der Waals surface area contributed by atoms with E-state index < -0.39 is 0 Å². The van der Waals surface area contributed by atoms with E-state index in [1.165, 1.54) is 0 Å². The first-order chi connectivity index (χ1) is 10.2. The largest absolute Gasteiger partial charge is 0.383 e. The Balaban J connectivity index is 2.08. The van der Waals surface area contributed by atoms with E-state index in [0.29, 0.717) is 25.0 Å². The molecule has 1 atom stereocenters. The van der Waals surface area contributed by atoms with Crippen LogP contribution in [0.1, 0.15) is 24.4 Å². The molecule has 1 fully saturated rings. The summed E-state index contributed by atoms with van der Waals surface area (Å²) in [6, 6.07) is 2.20. The topological polar surface area (TPSA) is 65.5 Å². The molecule has 1 aliphatic heterocycles. The molecule has 0 aliphatic carbocycles.